The van der Waals surface area contributed by atoms with Gasteiger partial charge in [0.15, 0.2) is 0 Å². The third kappa shape index (κ3) is 3.18. The molecule has 15 heavy (non-hydrogen) atoms. The van der Waals surface area contributed by atoms with Crippen LogP contribution in [-0.2, 0) is 6.54 Å². The fourth-order valence-corrected chi connectivity index (χ4v) is 2.26. The molecule has 1 atom stereocenters. The largest absolute Gasteiger partial charge is 0.309 e. The molecule has 0 aromatic carbocycles. The maximum absolute atomic E-state index is 4.24. The zero-order valence-corrected chi connectivity index (χ0v) is 10.4. The summed E-state index contributed by atoms with van der Waals surface area (Å²) >= 11 is 3.40. The van der Waals surface area contributed by atoms with E-state index in [0.29, 0.717) is 12.1 Å². The number of aromatic nitrogens is 2. The van der Waals surface area contributed by atoms with Gasteiger partial charge in [0.1, 0.15) is 0 Å². The fraction of sp³-hybridized carbons (Fsp3) is 0.545. The highest BCUT2D eigenvalue weighted by Crippen LogP contribution is 2.11. The molecular weight excluding hydrogens is 254 g/mol. The summed E-state index contributed by atoms with van der Waals surface area (Å²) in [6.07, 6.45) is 10.6. The van der Waals surface area contributed by atoms with Gasteiger partial charge in [0, 0.05) is 18.3 Å². The summed E-state index contributed by atoms with van der Waals surface area (Å²) < 4.78 is 3.00. The molecule has 1 heterocycles. The molecule has 1 aliphatic rings. The average Bonchev–Trinajstić information content (AvgIpc) is 2.77. The molecule has 1 aromatic heterocycles. The molecular formula is C11H16BrN3. The van der Waals surface area contributed by atoms with Crippen LogP contribution in [-0.4, -0.2) is 21.9 Å². The zero-order valence-electron chi connectivity index (χ0n) is 8.86. The van der Waals surface area contributed by atoms with Crippen LogP contribution in [0.2, 0.25) is 0 Å². The van der Waals surface area contributed by atoms with E-state index in [1.54, 1.807) is 0 Å². The van der Waals surface area contributed by atoms with Gasteiger partial charge in [-0.15, -0.1) is 0 Å². The van der Waals surface area contributed by atoms with E-state index in [0.717, 1.165) is 23.9 Å². The van der Waals surface area contributed by atoms with Gasteiger partial charge in [-0.3, -0.25) is 4.68 Å². The van der Waals surface area contributed by atoms with Gasteiger partial charge in [-0.25, -0.2) is 0 Å². The first kappa shape index (κ1) is 10.9. The molecule has 2 rings (SSSR count). The standard InChI is InChI=1S/C11H16BrN3/c1-9(14-11-4-2-3-5-11)7-15-8-10(12)6-13-15/h2-3,6,8-9,11,14H,4-5,7H2,1H3. The van der Waals surface area contributed by atoms with Crippen molar-refractivity contribution in [1.29, 1.82) is 0 Å². The average molecular weight is 270 g/mol. The monoisotopic (exact) mass is 269 g/mol. The molecule has 0 amide bonds. The Bertz CT molecular complexity index is 337. The lowest BCUT2D eigenvalue weighted by molar-refractivity contribution is 0.402. The van der Waals surface area contributed by atoms with E-state index in [-0.39, 0.29) is 0 Å². The van der Waals surface area contributed by atoms with Crippen molar-refractivity contribution in [3.05, 3.63) is 29.0 Å². The summed E-state index contributed by atoms with van der Waals surface area (Å²) in [6.45, 7) is 3.12. The van der Waals surface area contributed by atoms with Gasteiger partial charge in [-0.2, -0.15) is 5.10 Å². The van der Waals surface area contributed by atoms with Crippen molar-refractivity contribution in [3.8, 4) is 0 Å². The first-order chi connectivity index (χ1) is 7.24. The molecule has 0 fully saturated rings. The van der Waals surface area contributed by atoms with Gasteiger partial charge in [0.05, 0.1) is 17.2 Å². The van der Waals surface area contributed by atoms with Gasteiger partial charge in [0.25, 0.3) is 0 Å². The van der Waals surface area contributed by atoms with Crippen LogP contribution in [0.4, 0.5) is 0 Å². The molecule has 0 aliphatic heterocycles. The number of nitrogens with one attached hydrogen (secondary N) is 1. The van der Waals surface area contributed by atoms with Crippen LogP contribution in [0.1, 0.15) is 19.8 Å². The number of hydrogen-bond donors (Lipinski definition) is 1. The van der Waals surface area contributed by atoms with Crippen LogP contribution >= 0.6 is 15.9 Å². The third-order valence-corrected chi connectivity index (χ3v) is 3.00. The Labute approximate surface area is 98.7 Å². The SMILES string of the molecule is CC(Cn1cc(Br)cn1)NC1CC=CC1. The van der Waals surface area contributed by atoms with Crippen LogP contribution in [0.15, 0.2) is 29.0 Å². The predicted octanol–water partition coefficient (Wildman–Crippen LogP) is 2.34. The first-order valence-electron chi connectivity index (χ1n) is 5.33. The minimum absolute atomic E-state index is 0.460. The highest BCUT2D eigenvalue weighted by molar-refractivity contribution is 9.10. The second-order valence-electron chi connectivity index (χ2n) is 4.09. The molecule has 4 heteroatoms. The molecule has 1 N–H and O–H groups in total. The quantitative estimate of drug-likeness (QED) is 0.851. The van der Waals surface area contributed by atoms with Crippen LogP contribution < -0.4 is 5.32 Å². The number of rotatable bonds is 4. The fourth-order valence-electron chi connectivity index (χ4n) is 1.93. The summed E-state index contributed by atoms with van der Waals surface area (Å²) in [6, 6.07) is 1.08. The number of hydrogen-bond acceptors (Lipinski definition) is 2. The van der Waals surface area contributed by atoms with Crippen LogP contribution in [0, 0.1) is 0 Å². The van der Waals surface area contributed by atoms with Crippen molar-refractivity contribution >= 4 is 15.9 Å². The molecule has 0 spiro atoms. The summed E-state index contributed by atoms with van der Waals surface area (Å²) in [5, 5.41) is 7.84. The molecule has 1 unspecified atom stereocenters. The Kier molecular flexibility index (Phi) is 3.59. The van der Waals surface area contributed by atoms with Crippen LogP contribution in [0.5, 0.6) is 0 Å². The van der Waals surface area contributed by atoms with E-state index in [2.05, 4.69) is 45.4 Å². The molecule has 0 bridgehead atoms. The number of halogens is 1. The highest BCUT2D eigenvalue weighted by atomic mass is 79.9. The minimum atomic E-state index is 0.460. The van der Waals surface area contributed by atoms with E-state index in [1.165, 1.54) is 0 Å². The Balaban J connectivity index is 1.79. The molecule has 0 saturated heterocycles. The zero-order chi connectivity index (χ0) is 10.7. The lowest BCUT2D eigenvalue weighted by atomic mass is 10.2. The molecule has 82 valence electrons. The highest BCUT2D eigenvalue weighted by Gasteiger charge is 2.13. The summed E-state index contributed by atoms with van der Waals surface area (Å²) in [5.74, 6) is 0. The van der Waals surface area contributed by atoms with E-state index < -0.39 is 0 Å². The Morgan fingerprint density at radius 3 is 2.93 bits per heavy atom. The van der Waals surface area contributed by atoms with Crippen LogP contribution in [0.25, 0.3) is 0 Å². The molecule has 1 aromatic rings. The lowest BCUT2D eigenvalue weighted by Gasteiger charge is -2.19. The van der Waals surface area contributed by atoms with Crippen molar-refractivity contribution in [3.63, 3.8) is 0 Å². The van der Waals surface area contributed by atoms with E-state index >= 15 is 0 Å². The second kappa shape index (κ2) is 4.94. The van der Waals surface area contributed by atoms with Crippen molar-refractivity contribution in [2.45, 2.75) is 38.4 Å². The summed E-state index contributed by atoms with van der Waals surface area (Å²) in [7, 11) is 0. The normalized spacial score (nSPS) is 18.5. The van der Waals surface area contributed by atoms with Gasteiger partial charge in [0.2, 0.25) is 0 Å². The van der Waals surface area contributed by atoms with Gasteiger partial charge in [-0.1, -0.05) is 12.2 Å². The van der Waals surface area contributed by atoms with Crippen molar-refractivity contribution < 1.29 is 0 Å². The maximum atomic E-state index is 4.24. The molecule has 0 saturated carbocycles. The Morgan fingerprint density at radius 2 is 2.33 bits per heavy atom. The first-order valence-corrected chi connectivity index (χ1v) is 6.12. The Hall–Kier alpha value is -0.610. The minimum Gasteiger partial charge on any atom is -0.309 e. The molecule has 3 nitrogen and oxygen atoms in total. The molecule has 1 aliphatic carbocycles. The van der Waals surface area contributed by atoms with Crippen molar-refractivity contribution in [2.75, 3.05) is 0 Å². The van der Waals surface area contributed by atoms with Gasteiger partial charge < -0.3 is 5.32 Å². The van der Waals surface area contributed by atoms with Crippen LogP contribution in [0.3, 0.4) is 0 Å². The van der Waals surface area contributed by atoms with Crippen molar-refractivity contribution in [2.24, 2.45) is 0 Å². The van der Waals surface area contributed by atoms with Gasteiger partial charge in [-0.05, 0) is 35.7 Å². The van der Waals surface area contributed by atoms with Crippen molar-refractivity contribution in [1.82, 2.24) is 15.1 Å². The number of nitrogens with zero attached hydrogens (tertiary/aromatic N) is 2. The predicted molar refractivity (Wildman–Crippen MR) is 64.7 cm³/mol. The van der Waals surface area contributed by atoms with E-state index in [4.69, 9.17) is 0 Å². The summed E-state index contributed by atoms with van der Waals surface area (Å²) in [5.41, 5.74) is 0. The topological polar surface area (TPSA) is 29.9 Å². The Morgan fingerprint density at radius 1 is 1.60 bits per heavy atom. The lowest BCUT2D eigenvalue weighted by Crippen LogP contribution is -2.37. The second-order valence-corrected chi connectivity index (χ2v) is 5.00. The maximum Gasteiger partial charge on any atom is 0.0632 e. The summed E-state index contributed by atoms with van der Waals surface area (Å²) in [4.78, 5) is 0. The van der Waals surface area contributed by atoms with Gasteiger partial charge >= 0.3 is 0 Å². The van der Waals surface area contributed by atoms with E-state index in [1.807, 2.05) is 17.1 Å². The molecule has 0 radical (unpaired) electrons. The smallest absolute Gasteiger partial charge is 0.0632 e. The van der Waals surface area contributed by atoms with E-state index in [9.17, 15) is 0 Å². The third-order valence-electron chi connectivity index (χ3n) is 2.59.